The lowest BCUT2D eigenvalue weighted by molar-refractivity contribution is -0.127. The first-order valence-corrected chi connectivity index (χ1v) is 11.9. The number of hydrogen-bond acceptors (Lipinski definition) is 7. The number of para-hydroxylation sites is 3. The maximum absolute atomic E-state index is 12.8. The topological polar surface area (TPSA) is 94.2 Å². The van der Waals surface area contributed by atoms with Crippen LogP contribution in [-0.2, 0) is 9.59 Å². The number of carbonyl (C=O) groups is 3. The van der Waals surface area contributed by atoms with Gasteiger partial charge in [0, 0.05) is 0 Å². The van der Waals surface area contributed by atoms with Crippen LogP contribution in [0.4, 0.5) is 10.5 Å². The van der Waals surface area contributed by atoms with Gasteiger partial charge in [0.2, 0.25) is 5.91 Å². The van der Waals surface area contributed by atoms with E-state index in [9.17, 15) is 14.4 Å². The van der Waals surface area contributed by atoms with Gasteiger partial charge >= 0.3 is 0 Å². The highest BCUT2D eigenvalue weighted by molar-refractivity contribution is 8.18. The van der Waals surface area contributed by atoms with Gasteiger partial charge in [-0.2, -0.15) is 0 Å². The molecule has 184 valence electrons. The molecule has 1 heterocycles. The zero-order valence-electron chi connectivity index (χ0n) is 19.5. The lowest BCUT2D eigenvalue weighted by Crippen LogP contribution is -2.36. The molecule has 0 aromatic heterocycles. The summed E-state index contributed by atoms with van der Waals surface area (Å²) in [6.45, 7) is 0.394. The lowest BCUT2D eigenvalue weighted by atomic mass is 10.2. The minimum absolute atomic E-state index is 0.245. The van der Waals surface area contributed by atoms with Gasteiger partial charge in [0.05, 0.1) is 17.7 Å². The van der Waals surface area contributed by atoms with Crippen LogP contribution in [0.25, 0.3) is 6.08 Å². The minimum Gasteiger partial charge on any atom is -0.495 e. The number of nitrogens with one attached hydrogen (secondary N) is 1. The predicted octanol–water partition coefficient (Wildman–Crippen LogP) is 4.83. The highest BCUT2D eigenvalue weighted by Crippen LogP contribution is 2.32. The van der Waals surface area contributed by atoms with Gasteiger partial charge in [0.25, 0.3) is 11.1 Å². The molecule has 0 aliphatic carbocycles. The molecule has 1 aliphatic heterocycles. The Morgan fingerprint density at radius 2 is 1.53 bits per heavy atom. The van der Waals surface area contributed by atoms with E-state index < -0.39 is 23.6 Å². The second kappa shape index (κ2) is 11.9. The molecule has 8 nitrogen and oxygen atoms in total. The lowest BCUT2D eigenvalue weighted by Gasteiger charge is -2.14. The van der Waals surface area contributed by atoms with Gasteiger partial charge in [-0.05, 0) is 59.8 Å². The van der Waals surface area contributed by atoms with Gasteiger partial charge in [0.1, 0.15) is 37.0 Å². The first-order chi connectivity index (χ1) is 17.5. The molecule has 3 amide bonds. The Bertz CT molecular complexity index is 1260. The fraction of sp³-hybridized carbons (Fsp3) is 0.148. The number of carbonyl (C=O) groups excluding carboxylic acids is 3. The first-order valence-electron chi connectivity index (χ1n) is 11.1. The Morgan fingerprint density at radius 3 is 2.22 bits per heavy atom. The zero-order valence-corrected chi connectivity index (χ0v) is 20.3. The Hall–Kier alpha value is -4.24. The van der Waals surface area contributed by atoms with E-state index >= 15 is 0 Å². The van der Waals surface area contributed by atoms with E-state index in [2.05, 4.69) is 5.32 Å². The molecule has 0 unspecified atom stereocenters. The fourth-order valence-electron chi connectivity index (χ4n) is 3.36. The minimum atomic E-state index is -0.515. The van der Waals surface area contributed by atoms with Crippen LogP contribution in [0.15, 0.2) is 83.8 Å². The van der Waals surface area contributed by atoms with Crippen molar-refractivity contribution in [2.75, 3.05) is 32.2 Å². The number of anilines is 1. The van der Waals surface area contributed by atoms with Gasteiger partial charge < -0.3 is 19.5 Å². The van der Waals surface area contributed by atoms with Crippen molar-refractivity contribution >= 4 is 40.6 Å². The Labute approximate surface area is 212 Å². The van der Waals surface area contributed by atoms with Crippen molar-refractivity contribution in [1.82, 2.24) is 4.90 Å². The molecule has 36 heavy (non-hydrogen) atoms. The molecule has 4 rings (SSSR count). The maximum atomic E-state index is 12.8. The van der Waals surface area contributed by atoms with E-state index in [0.29, 0.717) is 30.4 Å². The number of ether oxygens (including phenoxy) is 3. The third kappa shape index (κ3) is 6.45. The van der Waals surface area contributed by atoms with Crippen molar-refractivity contribution in [2.24, 2.45) is 0 Å². The molecule has 0 bridgehead atoms. The number of amides is 3. The molecule has 1 aliphatic rings. The molecule has 1 saturated heterocycles. The van der Waals surface area contributed by atoms with Gasteiger partial charge in [-0.3, -0.25) is 19.3 Å². The smallest absolute Gasteiger partial charge is 0.294 e. The van der Waals surface area contributed by atoms with E-state index in [1.165, 1.54) is 7.11 Å². The largest absolute Gasteiger partial charge is 0.495 e. The summed E-state index contributed by atoms with van der Waals surface area (Å²) in [5, 5.41) is 2.17. The van der Waals surface area contributed by atoms with Crippen LogP contribution in [0.1, 0.15) is 5.56 Å². The van der Waals surface area contributed by atoms with Gasteiger partial charge in [0.15, 0.2) is 0 Å². The third-order valence-corrected chi connectivity index (χ3v) is 6.01. The van der Waals surface area contributed by atoms with E-state index in [1.54, 1.807) is 54.6 Å². The van der Waals surface area contributed by atoms with Crippen molar-refractivity contribution in [3.63, 3.8) is 0 Å². The van der Waals surface area contributed by atoms with Gasteiger partial charge in [-0.15, -0.1) is 0 Å². The average molecular weight is 505 g/mol. The highest BCUT2D eigenvalue weighted by atomic mass is 32.2. The van der Waals surface area contributed by atoms with E-state index in [4.69, 9.17) is 14.2 Å². The van der Waals surface area contributed by atoms with E-state index in [0.717, 1.165) is 28.0 Å². The average Bonchev–Trinajstić information content (AvgIpc) is 3.15. The quantitative estimate of drug-likeness (QED) is 0.312. The molecular weight excluding hydrogens is 480 g/mol. The standard InChI is InChI=1S/C27H24N2O6S/c1-33-23-10-6-5-9-22(23)28-25(30)18-29-26(31)24(36-27(29)32)17-19-11-13-21(14-12-19)35-16-15-34-20-7-3-2-4-8-20/h2-14,17H,15-16,18H2,1H3,(H,28,30)/b24-17+. The molecule has 1 N–H and O–H groups in total. The second-order valence-corrected chi connectivity index (χ2v) is 8.59. The van der Waals surface area contributed by atoms with Crippen molar-refractivity contribution in [2.45, 2.75) is 0 Å². The van der Waals surface area contributed by atoms with Crippen molar-refractivity contribution in [3.05, 3.63) is 89.3 Å². The summed E-state index contributed by atoms with van der Waals surface area (Å²) in [4.78, 5) is 38.8. The number of thioether (sulfide) groups is 1. The molecule has 0 spiro atoms. The summed E-state index contributed by atoms with van der Waals surface area (Å²) >= 11 is 0.798. The summed E-state index contributed by atoms with van der Waals surface area (Å²) in [7, 11) is 1.49. The predicted molar refractivity (Wildman–Crippen MR) is 138 cm³/mol. The summed E-state index contributed by atoms with van der Waals surface area (Å²) in [5.41, 5.74) is 1.19. The number of nitrogens with zero attached hydrogens (tertiary/aromatic N) is 1. The molecule has 9 heteroatoms. The van der Waals surface area contributed by atoms with Gasteiger partial charge in [-0.25, -0.2) is 0 Å². The van der Waals surface area contributed by atoms with Crippen LogP contribution in [0.2, 0.25) is 0 Å². The Balaban J connectivity index is 1.30. The SMILES string of the molecule is COc1ccccc1NC(=O)CN1C(=O)S/C(=C/c2ccc(OCCOc3ccccc3)cc2)C1=O. The van der Waals surface area contributed by atoms with Crippen LogP contribution in [-0.4, -0.2) is 48.8 Å². The molecule has 3 aromatic carbocycles. The summed E-state index contributed by atoms with van der Waals surface area (Å²) < 4.78 is 16.5. The molecule has 0 saturated carbocycles. The van der Waals surface area contributed by atoms with E-state index in [-0.39, 0.29) is 4.91 Å². The number of rotatable bonds is 10. The highest BCUT2D eigenvalue weighted by Gasteiger charge is 2.36. The number of hydrogen-bond donors (Lipinski definition) is 1. The monoisotopic (exact) mass is 504 g/mol. The van der Waals surface area contributed by atoms with Crippen molar-refractivity contribution < 1.29 is 28.6 Å². The summed E-state index contributed by atoms with van der Waals surface area (Å²) in [5.74, 6) is 0.906. The third-order valence-electron chi connectivity index (χ3n) is 5.10. The van der Waals surface area contributed by atoms with Gasteiger partial charge in [-0.1, -0.05) is 42.5 Å². The fourth-order valence-corrected chi connectivity index (χ4v) is 4.20. The summed E-state index contributed by atoms with van der Waals surface area (Å²) in [6, 6.07) is 23.5. The van der Waals surface area contributed by atoms with Crippen LogP contribution in [0.5, 0.6) is 17.2 Å². The molecule has 0 radical (unpaired) electrons. The zero-order chi connectivity index (χ0) is 25.3. The Morgan fingerprint density at radius 1 is 0.889 bits per heavy atom. The van der Waals surface area contributed by atoms with Crippen molar-refractivity contribution in [1.29, 1.82) is 0 Å². The Kier molecular flexibility index (Phi) is 8.25. The van der Waals surface area contributed by atoms with Crippen LogP contribution in [0.3, 0.4) is 0 Å². The number of imide groups is 1. The van der Waals surface area contributed by atoms with Crippen LogP contribution in [0, 0.1) is 0 Å². The van der Waals surface area contributed by atoms with Crippen LogP contribution >= 0.6 is 11.8 Å². The van der Waals surface area contributed by atoms with Crippen LogP contribution < -0.4 is 19.5 Å². The first kappa shape index (κ1) is 24.9. The second-order valence-electron chi connectivity index (χ2n) is 7.60. The normalized spacial score (nSPS) is 14.1. The molecule has 1 fully saturated rings. The number of benzene rings is 3. The van der Waals surface area contributed by atoms with Crippen molar-refractivity contribution in [3.8, 4) is 17.2 Å². The maximum Gasteiger partial charge on any atom is 0.294 e. The molecule has 0 atom stereocenters. The number of methoxy groups -OCH3 is 1. The molecular formula is C27H24N2O6S. The molecule has 3 aromatic rings. The summed E-state index contributed by atoms with van der Waals surface area (Å²) in [6.07, 6.45) is 1.62. The van der Waals surface area contributed by atoms with E-state index in [1.807, 2.05) is 30.3 Å².